The second-order valence-electron chi connectivity index (χ2n) is 12.3. The van der Waals surface area contributed by atoms with Crippen LogP contribution in [0, 0.1) is 6.92 Å². The van der Waals surface area contributed by atoms with Crippen LogP contribution in [0.3, 0.4) is 0 Å². The number of hydrogen-bond acceptors (Lipinski definition) is 5. The average Bonchev–Trinajstić information content (AvgIpc) is 3.86. The predicted octanol–water partition coefficient (Wildman–Crippen LogP) is 6.87. The number of carbonyl (C=O) groups is 1. The van der Waals surface area contributed by atoms with E-state index in [2.05, 4.69) is 57.7 Å². The zero-order valence-corrected chi connectivity index (χ0v) is 27.7. The van der Waals surface area contributed by atoms with Crippen LogP contribution >= 0.6 is 34.8 Å². The number of benzene rings is 3. The molecule has 6 nitrogen and oxygen atoms in total. The van der Waals surface area contributed by atoms with Crippen LogP contribution in [0.15, 0.2) is 60.2 Å². The molecule has 1 saturated heterocycles. The molecule has 3 aliphatic rings. The molecular formula is C35H39Cl3N4O2. The molecular weight excluding hydrogens is 615 g/mol. The number of amides is 1. The van der Waals surface area contributed by atoms with Gasteiger partial charge in [-0.05, 0) is 79.3 Å². The Morgan fingerprint density at radius 3 is 2.43 bits per heavy atom. The molecule has 2 bridgehead atoms. The molecule has 0 radical (unpaired) electrons. The summed E-state index contributed by atoms with van der Waals surface area (Å²) in [6.07, 6.45) is 2.90. The number of nitrogens with zero attached hydrogens (tertiary/aromatic N) is 2. The second-order valence-corrected chi connectivity index (χ2v) is 13.5. The minimum atomic E-state index is -0.0179. The smallest absolute Gasteiger partial charge is 0.252 e. The summed E-state index contributed by atoms with van der Waals surface area (Å²) < 4.78 is 5.58. The number of nitrogens with one attached hydrogen (secondary N) is 2. The van der Waals surface area contributed by atoms with Gasteiger partial charge in [0.25, 0.3) is 5.91 Å². The summed E-state index contributed by atoms with van der Waals surface area (Å²) in [5, 5.41) is 8.90. The number of hydrogen-bond donors (Lipinski definition) is 2. The lowest BCUT2D eigenvalue weighted by atomic mass is 9.83. The quantitative estimate of drug-likeness (QED) is 0.234. The Hall–Kier alpha value is -2.58. The van der Waals surface area contributed by atoms with Crippen LogP contribution in [0.2, 0.25) is 15.1 Å². The molecule has 2 aliphatic heterocycles. The molecule has 1 amide bonds. The fourth-order valence-electron chi connectivity index (χ4n) is 6.55. The Balaban J connectivity index is 1.26. The molecule has 0 aromatic heterocycles. The van der Waals surface area contributed by atoms with E-state index in [0.29, 0.717) is 34.2 Å². The van der Waals surface area contributed by atoms with Crippen LogP contribution in [-0.2, 0) is 24.4 Å². The van der Waals surface area contributed by atoms with Crippen molar-refractivity contribution in [1.82, 2.24) is 20.4 Å². The lowest BCUT2D eigenvalue weighted by Gasteiger charge is -2.41. The van der Waals surface area contributed by atoms with Gasteiger partial charge in [-0.15, -0.1) is 0 Å². The number of ether oxygens (including phenoxy) is 1. The van der Waals surface area contributed by atoms with Crippen LogP contribution in [0.1, 0.15) is 47.1 Å². The van der Waals surface area contributed by atoms with E-state index in [-0.39, 0.29) is 18.0 Å². The summed E-state index contributed by atoms with van der Waals surface area (Å²) in [6.45, 7) is 5.59. The van der Waals surface area contributed by atoms with Crippen molar-refractivity contribution >= 4 is 46.3 Å². The third-order valence-electron chi connectivity index (χ3n) is 9.06. The molecule has 2 N–H and O–H groups in total. The van der Waals surface area contributed by atoms with Gasteiger partial charge in [-0.1, -0.05) is 71.2 Å². The maximum atomic E-state index is 14.5. The molecule has 232 valence electrons. The highest BCUT2D eigenvalue weighted by Gasteiger charge is 2.41. The Labute approximate surface area is 275 Å². The Morgan fingerprint density at radius 2 is 1.70 bits per heavy atom. The average molecular weight is 654 g/mol. The molecule has 2 heterocycles. The highest BCUT2D eigenvalue weighted by atomic mass is 35.5. The summed E-state index contributed by atoms with van der Waals surface area (Å²) in [7, 11) is 3.74. The van der Waals surface area contributed by atoms with Gasteiger partial charge >= 0.3 is 0 Å². The first-order valence-corrected chi connectivity index (χ1v) is 16.4. The molecule has 2 fully saturated rings. The zero-order valence-electron chi connectivity index (χ0n) is 25.4. The van der Waals surface area contributed by atoms with E-state index in [1.165, 1.54) is 5.56 Å². The van der Waals surface area contributed by atoms with Gasteiger partial charge in [0.1, 0.15) is 5.75 Å². The van der Waals surface area contributed by atoms with Crippen molar-refractivity contribution in [2.45, 2.75) is 63.9 Å². The first-order chi connectivity index (χ1) is 21.2. The zero-order chi connectivity index (χ0) is 31.0. The summed E-state index contributed by atoms with van der Waals surface area (Å²) >= 11 is 19.1. The molecule has 9 heteroatoms. The van der Waals surface area contributed by atoms with Gasteiger partial charge in [0, 0.05) is 61.0 Å². The highest BCUT2D eigenvalue weighted by Crippen LogP contribution is 2.37. The molecule has 3 aromatic carbocycles. The normalized spacial score (nSPS) is 19.8. The van der Waals surface area contributed by atoms with Gasteiger partial charge in [-0.2, -0.15) is 0 Å². The van der Waals surface area contributed by atoms with Crippen molar-refractivity contribution in [2.75, 3.05) is 27.2 Å². The maximum Gasteiger partial charge on any atom is 0.252 e. The number of methoxy groups -OCH3 is 1. The van der Waals surface area contributed by atoms with Crippen LogP contribution in [-0.4, -0.2) is 61.1 Å². The minimum Gasteiger partial charge on any atom is -0.496 e. The van der Waals surface area contributed by atoms with Gasteiger partial charge < -0.3 is 20.3 Å². The molecule has 1 saturated carbocycles. The molecule has 44 heavy (non-hydrogen) atoms. The van der Waals surface area contributed by atoms with E-state index >= 15 is 0 Å². The summed E-state index contributed by atoms with van der Waals surface area (Å²) in [4.78, 5) is 18.8. The van der Waals surface area contributed by atoms with Crippen LogP contribution in [0.4, 0.5) is 0 Å². The Bertz CT molecular complexity index is 1570. The highest BCUT2D eigenvalue weighted by molar-refractivity contribution is 6.44. The number of halogens is 3. The SMILES string of the molecule is COc1cccc(CN(C(=O)C2=C(c3ccc(CN(C)Cc4c(Cl)ccc(Cl)c4Cl)cc3)C[C@H]3CNC[C@H]2N3)C2CC2)c1C. The summed E-state index contributed by atoms with van der Waals surface area (Å²) in [6, 6.07) is 18.8. The number of fused-ring (bicyclic) bond motifs is 2. The van der Waals surface area contributed by atoms with Crippen molar-refractivity contribution in [3.05, 3.63) is 103 Å². The topological polar surface area (TPSA) is 56.8 Å². The van der Waals surface area contributed by atoms with Crippen molar-refractivity contribution in [3.63, 3.8) is 0 Å². The molecule has 2 atom stereocenters. The molecule has 0 spiro atoms. The van der Waals surface area contributed by atoms with E-state index < -0.39 is 0 Å². The fraction of sp³-hybridized carbons (Fsp3) is 0.400. The van der Waals surface area contributed by atoms with Gasteiger partial charge in [0.05, 0.1) is 23.2 Å². The van der Waals surface area contributed by atoms with E-state index in [1.807, 2.05) is 19.2 Å². The minimum absolute atomic E-state index is 0.0179. The monoisotopic (exact) mass is 652 g/mol. The van der Waals surface area contributed by atoms with Crippen LogP contribution in [0.25, 0.3) is 5.57 Å². The van der Waals surface area contributed by atoms with Crippen molar-refractivity contribution < 1.29 is 9.53 Å². The van der Waals surface area contributed by atoms with E-state index in [9.17, 15) is 4.79 Å². The van der Waals surface area contributed by atoms with E-state index in [0.717, 1.165) is 78.0 Å². The molecule has 0 unspecified atom stereocenters. The lowest BCUT2D eigenvalue weighted by molar-refractivity contribution is -0.128. The third-order valence-corrected chi connectivity index (χ3v) is 10.3. The second kappa shape index (κ2) is 13.4. The number of rotatable bonds is 10. The molecule has 6 rings (SSSR count). The van der Waals surface area contributed by atoms with Gasteiger partial charge in [-0.25, -0.2) is 0 Å². The first-order valence-electron chi connectivity index (χ1n) is 15.3. The van der Waals surface area contributed by atoms with Crippen molar-refractivity contribution in [2.24, 2.45) is 0 Å². The predicted molar refractivity (Wildman–Crippen MR) is 180 cm³/mol. The Morgan fingerprint density at radius 1 is 0.955 bits per heavy atom. The van der Waals surface area contributed by atoms with Crippen LogP contribution in [0.5, 0.6) is 5.75 Å². The standard InChI is InChI=1S/C35H39Cl3N4O2/c1-21-24(5-4-6-32(21)44-3)19-42(26-11-12-26)35(43)33-27(15-25-16-39-17-31(33)40-25)23-9-7-22(8-10-23)18-41(2)20-28-29(36)13-14-30(37)34(28)38/h4-10,13-14,25-26,31,39-40H,11-12,15-20H2,1-3H3/t25-,31+/m0/s1. The largest absolute Gasteiger partial charge is 0.496 e. The maximum absolute atomic E-state index is 14.5. The summed E-state index contributed by atoms with van der Waals surface area (Å²) in [5.74, 6) is 0.997. The lowest BCUT2D eigenvalue weighted by Crippen LogP contribution is -2.60. The van der Waals surface area contributed by atoms with Crippen LogP contribution < -0.4 is 15.4 Å². The number of carbonyl (C=O) groups excluding carboxylic acids is 1. The fourth-order valence-corrected chi connectivity index (χ4v) is 7.21. The molecule has 1 aliphatic carbocycles. The van der Waals surface area contributed by atoms with E-state index in [4.69, 9.17) is 39.5 Å². The van der Waals surface area contributed by atoms with E-state index in [1.54, 1.807) is 19.2 Å². The first kappa shape index (κ1) is 31.4. The van der Waals surface area contributed by atoms with Gasteiger partial charge in [0.15, 0.2) is 0 Å². The van der Waals surface area contributed by atoms with Crippen molar-refractivity contribution in [1.29, 1.82) is 0 Å². The third kappa shape index (κ3) is 6.67. The van der Waals surface area contributed by atoms with Gasteiger partial charge in [-0.3, -0.25) is 9.69 Å². The Kier molecular flexibility index (Phi) is 9.58. The number of piperazine rings is 1. The summed E-state index contributed by atoms with van der Waals surface area (Å²) in [5.41, 5.74) is 7.39. The van der Waals surface area contributed by atoms with Gasteiger partial charge in [0.2, 0.25) is 0 Å². The molecule has 3 aromatic rings. The van der Waals surface area contributed by atoms with Crippen molar-refractivity contribution in [3.8, 4) is 5.75 Å².